The van der Waals surface area contributed by atoms with E-state index in [1.807, 2.05) is 19.9 Å². The molecule has 3 nitrogen and oxygen atoms in total. The van der Waals surface area contributed by atoms with Crippen molar-refractivity contribution in [1.82, 2.24) is 10.3 Å². The number of halogens is 2. The van der Waals surface area contributed by atoms with E-state index in [0.29, 0.717) is 12.1 Å². The van der Waals surface area contributed by atoms with Gasteiger partial charge in [-0.05, 0) is 35.1 Å². The molecule has 1 unspecified atom stereocenters. The highest BCUT2D eigenvalue weighted by molar-refractivity contribution is 5.78. The van der Waals surface area contributed by atoms with E-state index in [0.717, 1.165) is 18.1 Å². The van der Waals surface area contributed by atoms with Crippen molar-refractivity contribution in [2.24, 2.45) is 5.41 Å². The van der Waals surface area contributed by atoms with Crippen LogP contribution in [0.1, 0.15) is 31.4 Å². The molecular weight excluding hydrogens is 310 g/mol. The van der Waals surface area contributed by atoms with Gasteiger partial charge in [0.15, 0.2) is 0 Å². The van der Waals surface area contributed by atoms with Crippen LogP contribution in [0.15, 0.2) is 42.7 Å². The largest absolute Gasteiger partial charge is 0.355 e. The zero-order valence-electron chi connectivity index (χ0n) is 13.8. The molecule has 1 aromatic heterocycles. The first-order valence-electron chi connectivity index (χ1n) is 7.95. The van der Waals surface area contributed by atoms with Crippen molar-refractivity contribution in [3.8, 4) is 0 Å². The summed E-state index contributed by atoms with van der Waals surface area (Å²) in [5, 5.41) is 2.90. The second-order valence-electron chi connectivity index (χ2n) is 7.08. The number of carbonyl (C=O) groups excluding carboxylic acids is 1. The van der Waals surface area contributed by atoms with Crippen molar-refractivity contribution in [2.75, 3.05) is 6.54 Å². The molecule has 0 radical (unpaired) electrons. The van der Waals surface area contributed by atoms with E-state index in [1.165, 1.54) is 12.1 Å². The minimum Gasteiger partial charge on any atom is -0.355 e. The number of carbonyl (C=O) groups is 1. The molecule has 1 aliphatic carbocycles. The highest BCUT2D eigenvalue weighted by Crippen LogP contribution is 2.64. The SMILES string of the molecule is CC1(C)CC1(CNC(=O)Cc1cccnc1)c1ccc(F)cc1F. The standard InChI is InChI=1S/C19H20F2N2O/c1-18(2)11-19(18,15-6-5-14(20)9-16(15)21)12-23-17(24)8-13-4-3-7-22-10-13/h3-7,9-10H,8,11-12H2,1-2H3,(H,23,24). The van der Waals surface area contributed by atoms with Crippen molar-refractivity contribution in [3.63, 3.8) is 0 Å². The second-order valence-corrected chi connectivity index (χ2v) is 7.08. The van der Waals surface area contributed by atoms with Gasteiger partial charge in [-0.3, -0.25) is 9.78 Å². The van der Waals surface area contributed by atoms with Gasteiger partial charge in [0.2, 0.25) is 5.91 Å². The van der Waals surface area contributed by atoms with Crippen LogP contribution in [0.3, 0.4) is 0 Å². The fourth-order valence-corrected chi connectivity index (χ4v) is 3.44. The number of rotatable bonds is 5. The third-order valence-corrected chi connectivity index (χ3v) is 5.04. The molecule has 0 spiro atoms. The fraction of sp³-hybridized carbons (Fsp3) is 0.368. The topological polar surface area (TPSA) is 42.0 Å². The molecular formula is C19H20F2N2O. The lowest BCUT2D eigenvalue weighted by molar-refractivity contribution is -0.120. The van der Waals surface area contributed by atoms with Crippen LogP contribution in [-0.4, -0.2) is 17.4 Å². The highest BCUT2D eigenvalue weighted by atomic mass is 19.1. The molecule has 2 aromatic rings. The predicted molar refractivity (Wildman–Crippen MR) is 87.4 cm³/mol. The van der Waals surface area contributed by atoms with Gasteiger partial charge in [0, 0.05) is 30.4 Å². The van der Waals surface area contributed by atoms with Crippen molar-refractivity contribution in [2.45, 2.75) is 32.1 Å². The normalized spacial score (nSPS) is 21.3. The van der Waals surface area contributed by atoms with Gasteiger partial charge in [-0.15, -0.1) is 0 Å². The average molecular weight is 330 g/mol. The predicted octanol–water partition coefficient (Wildman–Crippen LogP) is 3.39. The summed E-state index contributed by atoms with van der Waals surface area (Å²) in [6.45, 7) is 4.40. The van der Waals surface area contributed by atoms with Crippen LogP contribution in [0, 0.1) is 17.0 Å². The third kappa shape index (κ3) is 3.03. The van der Waals surface area contributed by atoms with Gasteiger partial charge in [-0.25, -0.2) is 8.78 Å². The number of pyridine rings is 1. The van der Waals surface area contributed by atoms with Crippen molar-refractivity contribution in [3.05, 3.63) is 65.5 Å². The highest BCUT2D eigenvalue weighted by Gasteiger charge is 2.62. The second kappa shape index (κ2) is 5.96. The Bertz CT molecular complexity index is 761. The van der Waals surface area contributed by atoms with Crippen LogP contribution < -0.4 is 5.32 Å². The molecule has 1 aromatic carbocycles. The summed E-state index contributed by atoms with van der Waals surface area (Å²) in [6, 6.07) is 7.28. The van der Waals surface area contributed by atoms with E-state index in [9.17, 15) is 13.6 Å². The molecule has 1 saturated carbocycles. The summed E-state index contributed by atoms with van der Waals surface area (Å²) in [5.74, 6) is -1.28. The van der Waals surface area contributed by atoms with Crippen molar-refractivity contribution in [1.29, 1.82) is 0 Å². The average Bonchev–Trinajstić information content (AvgIpc) is 3.08. The van der Waals surface area contributed by atoms with Gasteiger partial charge >= 0.3 is 0 Å². The zero-order valence-corrected chi connectivity index (χ0v) is 13.8. The Hall–Kier alpha value is -2.30. The maximum absolute atomic E-state index is 14.2. The number of hydrogen-bond acceptors (Lipinski definition) is 2. The molecule has 1 amide bonds. The number of nitrogens with zero attached hydrogens (tertiary/aromatic N) is 1. The molecule has 5 heteroatoms. The number of aromatic nitrogens is 1. The van der Waals surface area contributed by atoms with Gasteiger partial charge in [0.25, 0.3) is 0 Å². The fourth-order valence-electron chi connectivity index (χ4n) is 3.44. The van der Waals surface area contributed by atoms with Crippen LogP contribution in [0.4, 0.5) is 8.78 Å². The van der Waals surface area contributed by atoms with Gasteiger partial charge in [0.1, 0.15) is 11.6 Å². The quantitative estimate of drug-likeness (QED) is 0.913. The zero-order chi connectivity index (χ0) is 17.4. The Labute approximate surface area is 140 Å². The molecule has 1 N–H and O–H groups in total. The third-order valence-electron chi connectivity index (χ3n) is 5.04. The van der Waals surface area contributed by atoms with Crippen LogP contribution >= 0.6 is 0 Å². The summed E-state index contributed by atoms with van der Waals surface area (Å²) in [7, 11) is 0. The maximum atomic E-state index is 14.2. The molecule has 1 aliphatic rings. The Morgan fingerprint density at radius 3 is 2.62 bits per heavy atom. The first-order valence-corrected chi connectivity index (χ1v) is 7.95. The van der Waals surface area contributed by atoms with E-state index in [1.54, 1.807) is 18.5 Å². The van der Waals surface area contributed by atoms with E-state index < -0.39 is 17.0 Å². The molecule has 0 aliphatic heterocycles. The molecule has 0 saturated heterocycles. The lowest BCUT2D eigenvalue weighted by Gasteiger charge is -2.22. The summed E-state index contributed by atoms with van der Waals surface area (Å²) in [5.41, 5.74) is 0.658. The molecule has 126 valence electrons. The van der Waals surface area contributed by atoms with Crippen LogP contribution in [0.25, 0.3) is 0 Å². The van der Waals surface area contributed by atoms with Crippen LogP contribution in [0.5, 0.6) is 0 Å². The minimum absolute atomic E-state index is 0.132. The number of benzene rings is 1. The monoisotopic (exact) mass is 330 g/mol. The number of nitrogens with one attached hydrogen (secondary N) is 1. The molecule has 0 bridgehead atoms. The van der Waals surface area contributed by atoms with Crippen LogP contribution in [0.2, 0.25) is 0 Å². The molecule has 24 heavy (non-hydrogen) atoms. The Morgan fingerprint density at radius 2 is 2.04 bits per heavy atom. The summed E-state index contributed by atoms with van der Waals surface area (Å²) in [4.78, 5) is 16.2. The van der Waals surface area contributed by atoms with Gasteiger partial charge in [0.05, 0.1) is 6.42 Å². The number of amides is 1. The van der Waals surface area contributed by atoms with Gasteiger partial charge in [-0.2, -0.15) is 0 Å². The first kappa shape index (κ1) is 16.6. The Balaban J connectivity index is 1.72. The smallest absolute Gasteiger partial charge is 0.224 e. The maximum Gasteiger partial charge on any atom is 0.224 e. The van der Waals surface area contributed by atoms with E-state index in [2.05, 4.69) is 10.3 Å². The van der Waals surface area contributed by atoms with Crippen molar-refractivity contribution >= 4 is 5.91 Å². The molecule has 1 fully saturated rings. The summed E-state index contributed by atoms with van der Waals surface area (Å²) in [6.07, 6.45) is 4.28. The molecule has 1 heterocycles. The van der Waals surface area contributed by atoms with E-state index in [4.69, 9.17) is 0 Å². The van der Waals surface area contributed by atoms with Crippen molar-refractivity contribution < 1.29 is 13.6 Å². The Morgan fingerprint density at radius 1 is 1.29 bits per heavy atom. The van der Waals surface area contributed by atoms with E-state index >= 15 is 0 Å². The van der Waals surface area contributed by atoms with Gasteiger partial charge in [-0.1, -0.05) is 26.0 Å². The van der Waals surface area contributed by atoms with Crippen LogP contribution in [-0.2, 0) is 16.6 Å². The molecule has 3 rings (SSSR count). The number of hydrogen-bond donors (Lipinski definition) is 1. The Kier molecular flexibility index (Phi) is 4.11. The summed E-state index contributed by atoms with van der Waals surface area (Å²) < 4.78 is 27.4. The van der Waals surface area contributed by atoms with E-state index in [-0.39, 0.29) is 17.7 Å². The lowest BCUT2D eigenvalue weighted by atomic mass is 9.87. The van der Waals surface area contributed by atoms with Gasteiger partial charge < -0.3 is 5.32 Å². The lowest BCUT2D eigenvalue weighted by Crippen LogP contribution is -2.36. The first-order chi connectivity index (χ1) is 11.3. The minimum atomic E-state index is -0.592. The molecule has 1 atom stereocenters. The summed E-state index contributed by atoms with van der Waals surface area (Å²) >= 11 is 0.